The third kappa shape index (κ3) is 3.83. The second-order valence-corrected chi connectivity index (χ2v) is 9.10. The van der Waals surface area contributed by atoms with Crippen molar-refractivity contribution in [3.8, 4) is 16.2 Å². The lowest BCUT2D eigenvalue weighted by Crippen LogP contribution is -2.41. The van der Waals surface area contributed by atoms with Crippen molar-refractivity contribution >= 4 is 23.2 Å². The van der Waals surface area contributed by atoms with Crippen LogP contribution in [0, 0.1) is 0 Å². The third-order valence-corrected chi connectivity index (χ3v) is 7.30. The van der Waals surface area contributed by atoms with Crippen LogP contribution in [0.4, 0.5) is 0 Å². The van der Waals surface area contributed by atoms with E-state index in [1.54, 1.807) is 7.11 Å². The van der Waals surface area contributed by atoms with Gasteiger partial charge in [-0.1, -0.05) is 36.4 Å². The minimum atomic E-state index is -0.461. The molecule has 0 saturated carbocycles. The number of likely N-dealkylation sites (tertiary alicyclic amines) is 1. The molecule has 2 aliphatic rings. The molecule has 0 radical (unpaired) electrons. The number of hydrogen-bond donors (Lipinski definition) is 1. The van der Waals surface area contributed by atoms with Gasteiger partial charge in [0.25, 0.3) is 5.91 Å². The number of carbonyl (C=O) groups excluding carboxylic acids is 2. The Morgan fingerprint density at radius 1 is 1.13 bits per heavy atom. The van der Waals surface area contributed by atoms with Gasteiger partial charge in [0.2, 0.25) is 5.91 Å². The van der Waals surface area contributed by atoms with Gasteiger partial charge in [0, 0.05) is 18.0 Å². The lowest BCUT2D eigenvalue weighted by molar-refractivity contribution is -0.129. The zero-order chi connectivity index (χ0) is 21.4. The minimum Gasteiger partial charge on any atom is -0.497 e. The molecule has 1 fully saturated rings. The fourth-order valence-corrected chi connectivity index (χ4v) is 5.57. The molecule has 1 saturated heterocycles. The first-order chi connectivity index (χ1) is 15.1. The zero-order valence-electron chi connectivity index (χ0n) is 17.4. The monoisotopic (exact) mass is 432 g/mol. The number of rotatable bonds is 5. The van der Waals surface area contributed by atoms with Crippen LogP contribution in [0.25, 0.3) is 10.4 Å². The van der Waals surface area contributed by atoms with Gasteiger partial charge in [-0.15, -0.1) is 11.3 Å². The summed E-state index contributed by atoms with van der Waals surface area (Å²) in [5.41, 5.74) is 4.85. The number of ether oxygens (including phenoxy) is 1. The standard InChI is InChI=1S/C25H24N2O3S/c1-30-19-10-6-16(7-11-19)15-27-13-12-21(25(27)29)26-24(28)22-14-18-9-8-17-4-2-3-5-20(17)23(18)31-22/h2-7,10-11,14,21H,8-9,12-13,15H2,1H3,(H,26,28). The minimum absolute atomic E-state index is 0.0177. The molecule has 6 heteroatoms. The first kappa shape index (κ1) is 19.8. The summed E-state index contributed by atoms with van der Waals surface area (Å²) in [5.74, 6) is 0.625. The first-order valence-corrected chi connectivity index (χ1v) is 11.4. The van der Waals surface area contributed by atoms with E-state index in [9.17, 15) is 9.59 Å². The van der Waals surface area contributed by atoms with Crippen molar-refractivity contribution in [2.45, 2.75) is 31.8 Å². The van der Waals surface area contributed by atoms with Gasteiger partial charge in [-0.3, -0.25) is 9.59 Å². The summed E-state index contributed by atoms with van der Waals surface area (Å²) < 4.78 is 5.19. The van der Waals surface area contributed by atoms with Gasteiger partial charge in [0.1, 0.15) is 11.8 Å². The molecule has 31 heavy (non-hydrogen) atoms. The molecule has 1 aliphatic heterocycles. The molecule has 2 aromatic carbocycles. The second-order valence-electron chi connectivity index (χ2n) is 8.04. The molecule has 2 heterocycles. The molecule has 1 aliphatic carbocycles. The summed E-state index contributed by atoms with van der Waals surface area (Å²) in [6.07, 6.45) is 2.59. The maximum atomic E-state index is 12.9. The largest absolute Gasteiger partial charge is 0.497 e. The van der Waals surface area contributed by atoms with Crippen LogP contribution in [-0.2, 0) is 24.2 Å². The van der Waals surface area contributed by atoms with Crippen LogP contribution in [0.15, 0.2) is 54.6 Å². The maximum Gasteiger partial charge on any atom is 0.262 e. The summed E-state index contributed by atoms with van der Waals surface area (Å²) in [6, 6.07) is 17.7. The Labute approximate surface area is 185 Å². The molecule has 158 valence electrons. The number of methoxy groups -OCH3 is 1. The quantitative estimate of drug-likeness (QED) is 0.662. The van der Waals surface area contributed by atoms with E-state index in [1.165, 1.54) is 32.9 Å². The Morgan fingerprint density at radius 3 is 2.71 bits per heavy atom. The molecule has 3 aromatic rings. The third-order valence-electron chi connectivity index (χ3n) is 6.09. The van der Waals surface area contributed by atoms with Gasteiger partial charge in [-0.25, -0.2) is 0 Å². The highest BCUT2D eigenvalue weighted by Gasteiger charge is 2.33. The average molecular weight is 433 g/mol. The lowest BCUT2D eigenvalue weighted by atomic mass is 9.91. The van der Waals surface area contributed by atoms with Crippen molar-refractivity contribution in [1.82, 2.24) is 10.2 Å². The van der Waals surface area contributed by atoms with Crippen LogP contribution >= 0.6 is 11.3 Å². The highest BCUT2D eigenvalue weighted by atomic mass is 32.1. The fraction of sp³-hybridized carbons (Fsp3) is 0.280. The normalized spacial score (nSPS) is 17.3. The van der Waals surface area contributed by atoms with E-state index < -0.39 is 6.04 Å². The number of benzene rings is 2. The molecule has 1 atom stereocenters. The predicted molar refractivity (Wildman–Crippen MR) is 121 cm³/mol. The van der Waals surface area contributed by atoms with Gasteiger partial charge in [-0.2, -0.15) is 0 Å². The Kier molecular flexibility index (Phi) is 5.24. The Morgan fingerprint density at radius 2 is 1.90 bits per heavy atom. The average Bonchev–Trinajstić information content (AvgIpc) is 3.39. The Bertz CT molecular complexity index is 1140. The molecule has 1 unspecified atom stereocenters. The smallest absolute Gasteiger partial charge is 0.262 e. The van der Waals surface area contributed by atoms with Crippen LogP contribution in [0.2, 0.25) is 0 Å². The van der Waals surface area contributed by atoms with Crippen molar-refractivity contribution in [3.63, 3.8) is 0 Å². The number of carbonyl (C=O) groups is 2. The van der Waals surface area contributed by atoms with E-state index in [4.69, 9.17) is 4.74 Å². The lowest BCUT2D eigenvalue weighted by Gasteiger charge is -2.17. The van der Waals surface area contributed by atoms with Crippen LogP contribution < -0.4 is 10.1 Å². The van der Waals surface area contributed by atoms with E-state index in [1.807, 2.05) is 41.3 Å². The number of amides is 2. The molecule has 0 bridgehead atoms. The molecular weight excluding hydrogens is 408 g/mol. The summed E-state index contributed by atoms with van der Waals surface area (Å²) in [4.78, 5) is 29.5. The van der Waals surface area contributed by atoms with Gasteiger partial charge >= 0.3 is 0 Å². The fourth-order valence-electron chi connectivity index (χ4n) is 4.39. The summed E-state index contributed by atoms with van der Waals surface area (Å²) in [5, 5.41) is 2.97. The molecule has 5 rings (SSSR count). The van der Waals surface area contributed by atoms with Crippen LogP contribution in [0.1, 0.15) is 32.8 Å². The van der Waals surface area contributed by atoms with Crippen molar-refractivity contribution in [1.29, 1.82) is 0 Å². The SMILES string of the molecule is COc1ccc(CN2CCC(NC(=O)c3cc4c(s3)-c3ccccc3CC4)C2=O)cc1. The number of nitrogens with zero attached hydrogens (tertiary/aromatic N) is 1. The van der Waals surface area contributed by atoms with Crippen molar-refractivity contribution in [2.24, 2.45) is 0 Å². The molecule has 0 spiro atoms. The predicted octanol–water partition coefficient (Wildman–Crippen LogP) is 4.05. The van der Waals surface area contributed by atoms with Crippen molar-refractivity contribution in [2.75, 3.05) is 13.7 Å². The number of hydrogen-bond acceptors (Lipinski definition) is 4. The summed E-state index contributed by atoms with van der Waals surface area (Å²) in [6.45, 7) is 1.18. The topological polar surface area (TPSA) is 58.6 Å². The summed E-state index contributed by atoms with van der Waals surface area (Å²) in [7, 11) is 1.63. The van der Waals surface area contributed by atoms with E-state index in [2.05, 4.69) is 23.5 Å². The van der Waals surface area contributed by atoms with E-state index >= 15 is 0 Å². The van der Waals surface area contributed by atoms with Crippen LogP contribution in [-0.4, -0.2) is 36.4 Å². The molecular formula is C25H24N2O3S. The van der Waals surface area contributed by atoms with Crippen molar-refractivity contribution < 1.29 is 14.3 Å². The van der Waals surface area contributed by atoms with E-state index in [-0.39, 0.29) is 11.8 Å². The van der Waals surface area contributed by atoms with Gasteiger partial charge in [0.05, 0.1) is 12.0 Å². The molecule has 1 N–H and O–H groups in total. The summed E-state index contributed by atoms with van der Waals surface area (Å²) >= 11 is 1.53. The van der Waals surface area contributed by atoms with Gasteiger partial charge in [0.15, 0.2) is 0 Å². The molecule has 2 amide bonds. The van der Waals surface area contributed by atoms with Crippen molar-refractivity contribution in [3.05, 3.63) is 76.2 Å². The van der Waals surface area contributed by atoms with Crippen LogP contribution in [0.3, 0.4) is 0 Å². The highest BCUT2D eigenvalue weighted by Crippen LogP contribution is 2.39. The Hall–Kier alpha value is -3.12. The van der Waals surface area contributed by atoms with E-state index in [0.717, 1.165) is 24.2 Å². The van der Waals surface area contributed by atoms with Gasteiger partial charge < -0.3 is 15.0 Å². The molecule has 5 nitrogen and oxygen atoms in total. The first-order valence-electron chi connectivity index (χ1n) is 10.6. The Balaban J connectivity index is 1.25. The molecule has 1 aromatic heterocycles. The second kappa shape index (κ2) is 8.19. The van der Waals surface area contributed by atoms with E-state index in [0.29, 0.717) is 24.4 Å². The van der Waals surface area contributed by atoms with Crippen LogP contribution in [0.5, 0.6) is 5.75 Å². The number of aryl methyl sites for hydroxylation is 2. The van der Waals surface area contributed by atoms with Gasteiger partial charge in [-0.05, 0) is 59.7 Å². The zero-order valence-corrected chi connectivity index (χ0v) is 18.2. The maximum absolute atomic E-state index is 12.9. The number of fused-ring (bicyclic) bond motifs is 3. The highest BCUT2D eigenvalue weighted by molar-refractivity contribution is 7.17. The number of nitrogens with one attached hydrogen (secondary N) is 1. The number of thiophene rings is 1.